The second kappa shape index (κ2) is 6.68. The minimum Gasteiger partial charge on any atom is -0.545 e. The average Bonchev–Trinajstić information content (AvgIpc) is 3.03. The Bertz CT molecular complexity index is 1100. The molecule has 1 N–H and O–H groups in total. The van der Waals surface area contributed by atoms with Gasteiger partial charge in [0.25, 0.3) is 0 Å². The van der Waals surface area contributed by atoms with Crippen molar-refractivity contribution in [2.45, 2.75) is 19.8 Å². The van der Waals surface area contributed by atoms with Gasteiger partial charge in [0.05, 0.1) is 17.2 Å². The molecule has 0 radical (unpaired) electrons. The molecule has 4 rings (SSSR count). The average molecular weight is 357 g/mol. The number of aromatic nitrogens is 1. The van der Waals surface area contributed by atoms with Gasteiger partial charge in [0.2, 0.25) is 5.91 Å². The lowest BCUT2D eigenvalue weighted by Crippen LogP contribution is -2.24. The largest absolute Gasteiger partial charge is 0.545 e. The van der Waals surface area contributed by atoms with Crippen LogP contribution < -0.4 is 10.4 Å². The first kappa shape index (κ1) is 17.0. The number of nitrogens with zero attached hydrogens (tertiary/aromatic N) is 1. The van der Waals surface area contributed by atoms with Crippen molar-refractivity contribution in [2.75, 3.05) is 5.32 Å². The topological polar surface area (TPSA) is 82.1 Å². The quantitative estimate of drug-likeness (QED) is 0.781. The number of carbonyl (C=O) groups is 2. The van der Waals surface area contributed by atoms with E-state index in [0.29, 0.717) is 17.3 Å². The van der Waals surface area contributed by atoms with Gasteiger partial charge >= 0.3 is 0 Å². The van der Waals surface area contributed by atoms with Crippen molar-refractivity contribution >= 4 is 40.1 Å². The van der Waals surface area contributed by atoms with Crippen LogP contribution in [0.25, 0.3) is 22.6 Å². The Balaban J connectivity index is 1.78. The standard InChI is InChI=1S/C22H18N2O3/c1-13(25)23-16-9-6-14(7-10-16)12-15-8-11-18-20(22(26)27)17-4-2-3-5-19(17)24-21(15)18/h2-7,9-10,12H,8,11H2,1H3,(H,23,25)(H,26,27)/p-1/b15-12+. The van der Waals surface area contributed by atoms with E-state index in [9.17, 15) is 14.7 Å². The summed E-state index contributed by atoms with van der Waals surface area (Å²) in [5, 5.41) is 15.1. The molecule has 0 spiro atoms. The zero-order valence-corrected chi connectivity index (χ0v) is 14.8. The molecule has 27 heavy (non-hydrogen) atoms. The highest BCUT2D eigenvalue weighted by Crippen LogP contribution is 2.37. The van der Waals surface area contributed by atoms with Gasteiger partial charge in [-0.3, -0.25) is 4.79 Å². The predicted octanol–water partition coefficient (Wildman–Crippen LogP) is 3.04. The smallest absolute Gasteiger partial charge is 0.221 e. The Labute approximate surface area is 156 Å². The molecule has 0 saturated carbocycles. The number of hydrogen-bond donors (Lipinski definition) is 1. The van der Waals surface area contributed by atoms with Crippen LogP contribution in [0, 0.1) is 0 Å². The number of anilines is 1. The van der Waals surface area contributed by atoms with Crippen molar-refractivity contribution in [3.05, 3.63) is 70.9 Å². The number of rotatable bonds is 3. The summed E-state index contributed by atoms with van der Waals surface area (Å²) in [5.41, 5.74) is 5.10. The third-order valence-corrected chi connectivity index (χ3v) is 4.72. The van der Waals surface area contributed by atoms with Crippen molar-refractivity contribution in [3.63, 3.8) is 0 Å². The van der Waals surface area contributed by atoms with Crippen molar-refractivity contribution in [1.82, 2.24) is 4.98 Å². The summed E-state index contributed by atoms with van der Waals surface area (Å²) in [5.74, 6) is -1.28. The fourth-order valence-corrected chi connectivity index (χ4v) is 3.58. The van der Waals surface area contributed by atoms with Crippen molar-refractivity contribution in [2.24, 2.45) is 0 Å². The summed E-state index contributed by atoms with van der Waals surface area (Å²) in [6, 6.07) is 14.8. The lowest BCUT2D eigenvalue weighted by Gasteiger charge is -2.13. The number of aromatic carboxylic acids is 1. The Hall–Kier alpha value is -3.47. The molecule has 3 aromatic rings. The Kier molecular flexibility index (Phi) is 4.20. The highest BCUT2D eigenvalue weighted by Gasteiger charge is 2.23. The molecule has 1 aromatic heterocycles. The van der Waals surface area contributed by atoms with Crippen molar-refractivity contribution < 1.29 is 14.7 Å². The number of hydrogen-bond acceptors (Lipinski definition) is 4. The number of nitrogens with one attached hydrogen (secondary N) is 1. The second-order valence-electron chi connectivity index (χ2n) is 6.59. The van der Waals surface area contributed by atoms with E-state index in [1.807, 2.05) is 48.5 Å². The Morgan fingerprint density at radius 2 is 1.81 bits per heavy atom. The van der Waals surface area contributed by atoms with Crippen LogP contribution in [0.5, 0.6) is 0 Å². The van der Waals surface area contributed by atoms with Crippen LogP contribution in [0.3, 0.4) is 0 Å². The highest BCUT2D eigenvalue weighted by molar-refractivity contribution is 6.05. The van der Waals surface area contributed by atoms with E-state index < -0.39 is 5.97 Å². The number of benzene rings is 2. The molecule has 0 fully saturated rings. The molecule has 0 bridgehead atoms. The third-order valence-electron chi connectivity index (χ3n) is 4.72. The van der Waals surface area contributed by atoms with Gasteiger partial charge < -0.3 is 15.2 Å². The van der Waals surface area contributed by atoms with E-state index in [0.717, 1.165) is 34.5 Å². The molecule has 1 amide bonds. The van der Waals surface area contributed by atoms with E-state index in [-0.39, 0.29) is 11.5 Å². The molecule has 5 nitrogen and oxygen atoms in total. The summed E-state index contributed by atoms with van der Waals surface area (Å²) in [6.07, 6.45) is 3.38. The number of carbonyl (C=O) groups excluding carboxylic acids is 2. The van der Waals surface area contributed by atoms with E-state index in [4.69, 9.17) is 4.98 Å². The zero-order chi connectivity index (χ0) is 19.0. The molecule has 1 aliphatic carbocycles. The number of fused-ring (bicyclic) bond motifs is 2. The lowest BCUT2D eigenvalue weighted by molar-refractivity contribution is -0.254. The summed E-state index contributed by atoms with van der Waals surface area (Å²) < 4.78 is 0. The molecule has 2 aromatic carbocycles. The number of para-hydroxylation sites is 1. The van der Waals surface area contributed by atoms with E-state index in [1.54, 1.807) is 6.07 Å². The van der Waals surface area contributed by atoms with E-state index >= 15 is 0 Å². The maximum Gasteiger partial charge on any atom is 0.221 e. The lowest BCUT2D eigenvalue weighted by atomic mass is 10.0. The summed E-state index contributed by atoms with van der Waals surface area (Å²) >= 11 is 0. The minimum atomic E-state index is -1.16. The van der Waals surface area contributed by atoms with Gasteiger partial charge in [0.1, 0.15) is 0 Å². The first-order valence-corrected chi connectivity index (χ1v) is 8.74. The molecule has 0 saturated heterocycles. The predicted molar refractivity (Wildman–Crippen MR) is 103 cm³/mol. The van der Waals surface area contributed by atoms with Crippen LogP contribution in [-0.2, 0) is 11.2 Å². The Morgan fingerprint density at radius 3 is 2.52 bits per heavy atom. The molecular weight excluding hydrogens is 340 g/mol. The van der Waals surface area contributed by atoms with Gasteiger partial charge in [0.15, 0.2) is 0 Å². The maximum absolute atomic E-state index is 11.8. The third kappa shape index (κ3) is 3.19. The summed E-state index contributed by atoms with van der Waals surface area (Å²) in [6.45, 7) is 1.47. The van der Waals surface area contributed by atoms with E-state index in [1.165, 1.54) is 6.92 Å². The summed E-state index contributed by atoms with van der Waals surface area (Å²) in [4.78, 5) is 27.6. The van der Waals surface area contributed by atoms with Crippen molar-refractivity contribution in [1.29, 1.82) is 0 Å². The Morgan fingerprint density at radius 1 is 1.07 bits per heavy atom. The second-order valence-corrected chi connectivity index (χ2v) is 6.59. The van der Waals surface area contributed by atoms with Gasteiger partial charge in [-0.15, -0.1) is 0 Å². The fourth-order valence-electron chi connectivity index (χ4n) is 3.58. The van der Waals surface area contributed by atoms with Gasteiger partial charge in [-0.25, -0.2) is 4.98 Å². The minimum absolute atomic E-state index is 0.114. The number of pyridine rings is 1. The number of carboxylic acid groups (broad SMARTS) is 1. The van der Waals surface area contributed by atoms with Crippen LogP contribution in [0.2, 0.25) is 0 Å². The molecule has 0 aliphatic heterocycles. The molecule has 1 heterocycles. The van der Waals surface area contributed by atoms with Crippen LogP contribution in [0.4, 0.5) is 5.69 Å². The van der Waals surface area contributed by atoms with Crippen LogP contribution in [0.15, 0.2) is 48.5 Å². The summed E-state index contributed by atoms with van der Waals surface area (Å²) in [7, 11) is 0. The van der Waals surface area contributed by atoms with Gasteiger partial charge in [-0.1, -0.05) is 30.3 Å². The molecule has 0 atom stereocenters. The fraction of sp³-hybridized carbons (Fsp3) is 0.136. The number of carboxylic acids is 1. The first-order chi connectivity index (χ1) is 13.0. The van der Waals surface area contributed by atoms with E-state index in [2.05, 4.69) is 5.32 Å². The molecule has 1 aliphatic rings. The molecular formula is C22H17N2O3-. The van der Waals surface area contributed by atoms with Crippen LogP contribution >= 0.6 is 0 Å². The first-order valence-electron chi connectivity index (χ1n) is 8.74. The molecule has 5 heteroatoms. The number of allylic oxidation sites excluding steroid dienone is 1. The van der Waals surface area contributed by atoms with Gasteiger partial charge in [-0.2, -0.15) is 0 Å². The van der Waals surface area contributed by atoms with Crippen molar-refractivity contribution in [3.8, 4) is 0 Å². The molecule has 134 valence electrons. The monoisotopic (exact) mass is 357 g/mol. The normalized spacial score (nSPS) is 14.3. The van der Waals surface area contributed by atoms with Crippen LogP contribution in [0.1, 0.15) is 40.5 Å². The maximum atomic E-state index is 11.8. The van der Waals surface area contributed by atoms with Gasteiger partial charge in [0, 0.05) is 23.6 Å². The number of amides is 1. The zero-order valence-electron chi connectivity index (χ0n) is 14.8. The highest BCUT2D eigenvalue weighted by atomic mass is 16.4. The van der Waals surface area contributed by atoms with Crippen LogP contribution in [-0.4, -0.2) is 16.9 Å². The SMILES string of the molecule is CC(=O)Nc1ccc(/C=C2\CCc3c2nc2ccccc2c3C(=O)[O-])cc1. The molecule has 0 unspecified atom stereocenters. The van der Waals surface area contributed by atoms with Gasteiger partial charge in [-0.05, 0) is 53.8 Å².